The Morgan fingerprint density at radius 3 is 2.67 bits per heavy atom. The Morgan fingerprint density at radius 2 is 2.00 bits per heavy atom. The maximum absolute atomic E-state index is 7.59. The zero-order chi connectivity index (χ0) is 24.9. The van der Waals surface area contributed by atoms with Gasteiger partial charge < -0.3 is 31.6 Å². The number of imidazole rings is 1. The molecule has 0 amide bonds. The maximum Gasteiger partial charge on any atom is 0.232 e. The minimum Gasteiger partial charge on any atom is -0.480 e. The summed E-state index contributed by atoms with van der Waals surface area (Å²) in [5.41, 5.74) is 3.81. The van der Waals surface area contributed by atoms with E-state index < -0.39 is 0 Å². The largest absolute Gasteiger partial charge is 0.480 e. The van der Waals surface area contributed by atoms with Gasteiger partial charge in [-0.15, -0.1) is 5.10 Å². The van der Waals surface area contributed by atoms with Gasteiger partial charge in [-0.1, -0.05) is 6.92 Å². The van der Waals surface area contributed by atoms with Crippen LogP contribution in [-0.2, 0) is 6.42 Å². The molecule has 0 aromatic carbocycles. The first-order valence-corrected chi connectivity index (χ1v) is 12.1. The Balaban J connectivity index is 0.000000861. The number of nitrogens with zero attached hydrogens (tertiary/aromatic N) is 4. The standard InChI is InChI=1S/C24H26N5O3.C3H7.La/c1-4-14(2)5-6-16-11-20-18(24(27-16)30-3)12-21(32-20)19-13-26-22-7-8-23(28-29(19)22)31-17-9-15(25)10-17;1-3-2;/h7-8,11-13,17,25H,4-6,9-10H2,1-3H3;3H,1-2H3;/q2*-1;. The molecule has 0 saturated heterocycles. The zero-order valence-electron chi connectivity index (χ0n) is 21.7. The summed E-state index contributed by atoms with van der Waals surface area (Å²) in [6.45, 7) is 8.34. The fourth-order valence-corrected chi connectivity index (χ4v) is 3.81. The first kappa shape index (κ1) is 28.3. The van der Waals surface area contributed by atoms with E-state index in [1.807, 2.05) is 38.5 Å². The third-order valence-corrected chi connectivity index (χ3v) is 5.96. The quantitative estimate of drug-likeness (QED) is 0.235. The van der Waals surface area contributed by atoms with Crippen molar-refractivity contribution < 1.29 is 49.5 Å². The molecule has 0 aliphatic heterocycles. The smallest absolute Gasteiger partial charge is 0.232 e. The van der Waals surface area contributed by atoms with E-state index in [0.29, 0.717) is 41.7 Å². The van der Waals surface area contributed by atoms with Gasteiger partial charge in [0.15, 0.2) is 11.4 Å². The summed E-state index contributed by atoms with van der Waals surface area (Å²) in [6.07, 6.45) is 7.98. The van der Waals surface area contributed by atoms with Crippen LogP contribution in [0.5, 0.6) is 11.8 Å². The number of fused-ring (bicyclic) bond motifs is 2. The zero-order valence-corrected chi connectivity index (χ0v) is 25.3. The van der Waals surface area contributed by atoms with Gasteiger partial charge in [-0.2, -0.15) is 33.6 Å². The molecule has 4 aromatic rings. The van der Waals surface area contributed by atoms with Gasteiger partial charge in [0, 0.05) is 72.0 Å². The summed E-state index contributed by atoms with van der Waals surface area (Å²) in [5.74, 6) is 3.14. The van der Waals surface area contributed by atoms with Crippen LogP contribution in [0, 0.1) is 53.3 Å². The number of ether oxygens (including phenoxy) is 2. The number of hydrogen-bond acceptors (Lipinski definition) is 7. The van der Waals surface area contributed by atoms with E-state index in [4.69, 9.17) is 19.3 Å². The number of furan rings is 1. The fourth-order valence-electron chi connectivity index (χ4n) is 3.81. The Kier molecular flexibility index (Phi) is 10.1. The average molecular weight is 614 g/mol. The SMILES string of the molecule is CC[C-](C)CCc1cc2oc(-c3cnc4ccc(OC5CC(=N)C5)nn34)cc2c(OC)n1.C[CH-]C.[La]. The van der Waals surface area contributed by atoms with Crippen molar-refractivity contribution in [2.24, 2.45) is 0 Å². The predicted molar refractivity (Wildman–Crippen MR) is 137 cm³/mol. The minimum absolute atomic E-state index is 0. The van der Waals surface area contributed by atoms with Crippen molar-refractivity contribution in [1.29, 1.82) is 5.41 Å². The van der Waals surface area contributed by atoms with Gasteiger partial charge in [0.2, 0.25) is 11.8 Å². The van der Waals surface area contributed by atoms with Gasteiger partial charge >= 0.3 is 0 Å². The second-order valence-electron chi connectivity index (χ2n) is 8.87. The van der Waals surface area contributed by atoms with E-state index in [9.17, 15) is 0 Å². The van der Waals surface area contributed by atoms with Gasteiger partial charge in [-0.3, -0.25) is 0 Å². The van der Waals surface area contributed by atoms with Gasteiger partial charge in [0.25, 0.3) is 0 Å². The summed E-state index contributed by atoms with van der Waals surface area (Å²) in [5, 5.41) is 13.0. The van der Waals surface area contributed by atoms with Crippen molar-refractivity contribution in [1.82, 2.24) is 19.6 Å². The fraction of sp³-hybridized carbons (Fsp3) is 0.407. The molecule has 1 saturated carbocycles. The summed E-state index contributed by atoms with van der Waals surface area (Å²) in [4.78, 5) is 9.13. The second-order valence-corrected chi connectivity index (χ2v) is 8.87. The number of rotatable bonds is 8. The normalized spacial score (nSPS) is 14.8. The van der Waals surface area contributed by atoms with Crippen LogP contribution in [0.3, 0.4) is 0 Å². The molecule has 0 bridgehead atoms. The predicted octanol–water partition coefficient (Wildman–Crippen LogP) is 6.27. The number of nitrogens with one attached hydrogen (secondary N) is 1. The molecule has 4 aromatic heterocycles. The summed E-state index contributed by atoms with van der Waals surface area (Å²) in [7, 11) is 1.63. The molecule has 1 aliphatic carbocycles. The van der Waals surface area contributed by atoms with Crippen LogP contribution in [0.4, 0.5) is 0 Å². The molecule has 36 heavy (non-hydrogen) atoms. The van der Waals surface area contributed by atoms with Gasteiger partial charge in [-0.05, 0) is 18.6 Å². The van der Waals surface area contributed by atoms with Crippen molar-refractivity contribution in [3.63, 3.8) is 0 Å². The van der Waals surface area contributed by atoms with Crippen LogP contribution in [0.15, 0.2) is 34.9 Å². The molecule has 1 radical (unpaired) electrons. The molecule has 0 unspecified atom stereocenters. The van der Waals surface area contributed by atoms with Crippen LogP contribution < -0.4 is 9.47 Å². The van der Waals surface area contributed by atoms with E-state index in [2.05, 4.69) is 28.9 Å². The van der Waals surface area contributed by atoms with Crippen LogP contribution in [0.2, 0.25) is 0 Å². The Morgan fingerprint density at radius 1 is 1.25 bits per heavy atom. The van der Waals surface area contributed by atoms with Crippen LogP contribution in [-0.4, -0.2) is 38.5 Å². The molecule has 1 fully saturated rings. The number of methoxy groups -OCH3 is 1. The Hall–Kier alpha value is -2.23. The van der Waals surface area contributed by atoms with Crippen LogP contribution >= 0.6 is 0 Å². The van der Waals surface area contributed by atoms with E-state index in [1.165, 1.54) is 5.92 Å². The van der Waals surface area contributed by atoms with E-state index in [0.717, 1.165) is 41.6 Å². The van der Waals surface area contributed by atoms with E-state index in [-0.39, 0.29) is 41.7 Å². The molecule has 9 heteroatoms. The van der Waals surface area contributed by atoms with E-state index >= 15 is 0 Å². The molecule has 8 nitrogen and oxygen atoms in total. The Bertz CT molecular complexity index is 1310. The van der Waals surface area contributed by atoms with Crippen molar-refractivity contribution in [2.45, 2.75) is 65.9 Å². The molecule has 1 N–H and O–H groups in total. The molecule has 0 spiro atoms. The summed E-state index contributed by atoms with van der Waals surface area (Å²) >= 11 is 0. The molecule has 189 valence electrons. The summed E-state index contributed by atoms with van der Waals surface area (Å²) < 4.78 is 19.4. The first-order chi connectivity index (χ1) is 16.9. The minimum atomic E-state index is 0. The number of hydrogen-bond donors (Lipinski definition) is 1. The monoisotopic (exact) mass is 614 g/mol. The molecule has 0 atom stereocenters. The number of aromatic nitrogens is 4. The molecular weight excluding hydrogens is 581 g/mol. The topological polar surface area (TPSA) is 98.5 Å². The number of aryl methyl sites for hydroxylation is 1. The van der Waals surface area contributed by atoms with Crippen molar-refractivity contribution in [2.75, 3.05) is 7.11 Å². The van der Waals surface area contributed by atoms with Gasteiger partial charge in [0.1, 0.15) is 17.4 Å². The Labute approximate surface area is 240 Å². The maximum atomic E-state index is 7.59. The van der Waals surface area contributed by atoms with Gasteiger partial charge in [0.05, 0.1) is 18.7 Å². The van der Waals surface area contributed by atoms with Crippen LogP contribution in [0.25, 0.3) is 28.1 Å². The molecular formula is C27H33LaN5O3-2. The second kappa shape index (κ2) is 12.8. The molecule has 1 aliphatic rings. The average Bonchev–Trinajstić information content (AvgIpc) is 3.45. The van der Waals surface area contributed by atoms with Gasteiger partial charge in [-0.25, -0.2) is 14.5 Å². The van der Waals surface area contributed by atoms with Crippen LogP contribution in [0.1, 0.15) is 59.1 Å². The van der Waals surface area contributed by atoms with Crippen molar-refractivity contribution >= 4 is 22.3 Å². The van der Waals surface area contributed by atoms with Crippen molar-refractivity contribution in [3.05, 3.63) is 48.5 Å². The number of pyridine rings is 1. The van der Waals surface area contributed by atoms with Crippen molar-refractivity contribution in [3.8, 4) is 23.2 Å². The first-order valence-electron chi connectivity index (χ1n) is 12.1. The van der Waals surface area contributed by atoms with E-state index in [1.54, 1.807) is 23.9 Å². The third-order valence-electron chi connectivity index (χ3n) is 5.96. The molecule has 4 heterocycles. The molecule has 5 rings (SSSR count). The summed E-state index contributed by atoms with van der Waals surface area (Å²) in [6, 6.07) is 7.58. The third kappa shape index (κ3) is 6.36.